The highest BCUT2D eigenvalue weighted by molar-refractivity contribution is 7.16. The molecule has 0 aliphatic carbocycles. The second-order valence-electron chi connectivity index (χ2n) is 4.72. The van der Waals surface area contributed by atoms with E-state index in [9.17, 15) is 9.59 Å². The van der Waals surface area contributed by atoms with Crippen LogP contribution in [0.25, 0.3) is 4.96 Å². The average Bonchev–Trinajstić information content (AvgIpc) is 3.08. The van der Waals surface area contributed by atoms with Crippen LogP contribution in [-0.4, -0.2) is 32.0 Å². The number of nitrogens with zero attached hydrogens (tertiary/aromatic N) is 4. The minimum atomic E-state index is -0.476. The standard InChI is InChI=1S/C13H13N5O3S2/c1-6-4-9(19)18-13(15-6)22-8(16-18)5-21-12(20)10-7(2)17-23-11(10)14-3/h4,14H,5H2,1-3H3. The topological polar surface area (TPSA) is 98.5 Å². The molecule has 8 nitrogen and oxygen atoms in total. The van der Waals surface area contributed by atoms with Gasteiger partial charge in [-0.3, -0.25) is 4.79 Å². The molecule has 10 heteroatoms. The van der Waals surface area contributed by atoms with Crippen molar-refractivity contribution < 1.29 is 9.53 Å². The predicted molar refractivity (Wildman–Crippen MR) is 87.4 cm³/mol. The first-order valence-electron chi connectivity index (χ1n) is 6.67. The van der Waals surface area contributed by atoms with Gasteiger partial charge in [0.2, 0.25) is 4.96 Å². The molecule has 0 aliphatic rings. The summed E-state index contributed by atoms with van der Waals surface area (Å²) >= 11 is 2.42. The van der Waals surface area contributed by atoms with Gasteiger partial charge in [-0.1, -0.05) is 11.3 Å². The number of rotatable bonds is 4. The fourth-order valence-corrected chi connectivity index (χ4v) is 3.59. The Morgan fingerprint density at radius 2 is 2.22 bits per heavy atom. The Bertz CT molecular complexity index is 943. The first-order valence-corrected chi connectivity index (χ1v) is 8.26. The van der Waals surface area contributed by atoms with Crippen LogP contribution in [0.5, 0.6) is 0 Å². The summed E-state index contributed by atoms with van der Waals surface area (Å²) in [7, 11) is 1.72. The van der Waals surface area contributed by atoms with Crippen LogP contribution in [0.4, 0.5) is 5.00 Å². The van der Waals surface area contributed by atoms with Crippen LogP contribution in [-0.2, 0) is 11.3 Å². The molecule has 0 bridgehead atoms. The van der Waals surface area contributed by atoms with Gasteiger partial charge in [0.15, 0.2) is 5.01 Å². The third-order valence-corrected chi connectivity index (χ3v) is 4.87. The molecule has 0 saturated heterocycles. The Hall–Kier alpha value is -2.33. The first-order chi connectivity index (χ1) is 11.0. The largest absolute Gasteiger partial charge is 0.454 e. The molecule has 3 aromatic heterocycles. The summed E-state index contributed by atoms with van der Waals surface area (Å²) in [6.07, 6.45) is 0. The number of fused-ring (bicyclic) bond motifs is 1. The van der Waals surface area contributed by atoms with Gasteiger partial charge in [-0.2, -0.15) is 14.0 Å². The molecule has 0 fully saturated rings. The summed E-state index contributed by atoms with van der Waals surface area (Å²) in [5, 5.41) is 8.20. The fraction of sp³-hybridized carbons (Fsp3) is 0.308. The summed E-state index contributed by atoms with van der Waals surface area (Å²) in [5.41, 5.74) is 1.41. The maximum Gasteiger partial charge on any atom is 0.343 e. The highest BCUT2D eigenvalue weighted by Gasteiger charge is 2.20. The maximum atomic E-state index is 12.2. The third kappa shape index (κ3) is 2.94. The normalized spacial score (nSPS) is 10.9. The van der Waals surface area contributed by atoms with Gasteiger partial charge in [-0.05, 0) is 25.4 Å². The van der Waals surface area contributed by atoms with E-state index >= 15 is 0 Å². The van der Waals surface area contributed by atoms with Crippen LogP contribution in [0, 0.1) is 13.8 Å². The highest BCUT2D eigenvalue weighted by Crippen LogP contribution is 2.25. The average molecular weight is 351 g/mol. The number of hydrogen-bond donors (Lipinski definition) is 1. The fourth-order valence-electron chi connectivity index (χ4n) is 2.00. The van der Waals surface area contributed by atoms with Crippen LogP contribution in [0.15, 0.2) is 10.9 Å². The number of nitrogens with one attached hydrogen (secondary N) is 1. The summed E-state index contributed by atoms with van der Waals surface area (Å²) in [6, 6.07) is 1.40. The number of aromatic nitrogens is 4. The van der Waals surface area contributed by atoms with Crippen molar-refractivity contribution in [2.24, 2.45) is 0 Å². The zero-order valence-electron chi connectivity index (χ0n) is 12.6. The van der Waals surface area contributed by atoms with Crippen LogP contribution in [0.2, 0.25) is 0 Å². The van der Waals surface area contributed by atoms with Gasteiger partial charge in [-0.15, -0.1) is 0 Å². The van der Waals surface area contributed by atoms with E-state index in [1.54, 1.807) is 20.9 Å². The van der Waals surface area contributed by atoms with E-state index in [1.165, 1.54) is 33.5 Å². The van der Waals surface area contributed by atoms with Gasteiger partial charge in [-0.25, -0.2) is 9.78 Å². The molecule has 0 spiro atoms. The Kier molecular flexibility index (Phi) is 4.09. The van der Waals surface area contributed by atoms with Crippen molar-refractivity contribution in [1.29, 1.82) is 0 Å². The summed E-state index contributed by atoms with van der Waals surface area (Å²) in [5.74, 6) is -0.476. The van der Waals surface area contributed by atoms with E-state index in [-0.39, 0.29) is 12.2 Å². The van der Waals surface area contributed by atoms with E-state index in [0.717, 1.165) is 0 Å². The van der Waals surface area contributed by atoms with Crippen molar-refractivity contribution in [2.75, 3.05) is 12.4 Å². The molecule has 3 aromatic rings. The molecule has 3 rings (SSSR count). The lowest BCUT2D eigenvalue weighted by molar-refractivity contribution is 0.0472. The molecule has 1 N–H and O–H groups in total. The lowest BCUT2D eigenvalue weighted by atomic mass is 10.2. The zero-order valence-corrected chi connectivity index (χ0v) is 14.2. The number of aryl methyl sites for hydroxylation is 2. The monoisotopic (exact) mass is 351 g/mol. The maximum absolute atomic E-state index is 12.2. The third-order valence-electron chi connectivity index (χ3n) is 3.04. The molecule has 0 aromatic carbocycles. The van der Waals surface area contributed by atoms with Crippen molar-refractivity contribution in [3.8, 4) is 0 Å². The number of esters is 1. The SMILES string of the molecule is CNc1snc(C)c1C(=O)OCc1nn2c(=O)cc(C)nc2s1. The molecule has 120 valence electrons. The zero-order chi connectivity index (χ0) is 16.6. The molecule has 0 aliphatic heterocycles. The van der Waals surface area contributed by atoms with Crippen molar-refractivity contribution in [3.63, 3.8) is 0 Å². The van der Waals surface area contributed by atoms with Gasteiger partial charge in [0.1, 0.15) is 17.2 Å². The van der Waals surface area contributed by atoms with Crippen molar-refractivity contribution >= 4 is 38.8 Å². The summed E-state index contributed by atoms with van der Waals surface area (Å²) in [6.45, 7) is 3.47. The van der Waals surface area contributed by atoms with Crippen molar-refractivity contribution in [1.82, 2.24) is 19.0 Å². The lowest BCUT2D eigenvalue weighted by Gasteiger charge is -2.03. The van der Waals surface area contributed by atoms with Crippen molar-refractivity contribution in [3.05, 3.63) is 38.4 Å². The number of ether oxygens (including phenoxy) is 1. The van der Waals surface area contributed by atoms with Crippen LogP contribution in [0.3, 0.4) is 0 Å². The molecule has 0 unspecified atom stereocenters. The van der Waals surface area contributed by atoms with Crippen LogP contribution < -0.4 is 10.9 Å². The number of hydrogen-bond acceptors (Lipinski definition) is 9. The Labute approximate surface area is 138 Å². The van der Waals surface area contributed by atoms with Gasteiger partial charge >= 0.3 is 5.97 Å². The quantitative estimate of drug-likeness (QED) is 0.713. The van der Waals surface area contributed by atoms with Crippen LogP contribution in [0.1, 0.15) is 26.8 Å². The molecular formula is C13H13N5O3S2. The summed E-state index contributed by atoms with van der Waals surface area (Å²) in [4.78, 5) is 28.7. The van der Waals surface area contributed by atoms with Gasteiger partial charge in [0.05, 0.1) is 5.69 Å². The van der Waals surface area contributed by atoms with Gasteiger partial charge in [0, 0.05) is 18.8 Å². The molecule has 3 heterocycles. The Balaban J connectivity index is 1.80. The van der Waals surface area contributed by atoms with Crippen molar-refractivity contribution in [2.45, 2.75) is 20.5 Å². The molecule has 0 amide bonds. The summed E-state index contributed by atoms with van der Waals surface area (Å²) < 4.78 is 10.6. The first kappa shape index (κ1) is 15.6. The lowest BCUT2D eigenvalue weighted by Crippen LogP contribution is -2.14. The molecule has 0 radical (unpaired) electrons. The molecular weight excluding hydrogens is 338 g/mol. The van der Waals surface area contributed by atoms with E-state index in [1.807, 2.05) is 0 Å². The van der Waals surface area contributed by atoms with Gasteiger partial charge in [0.25, 0.3) is 5.56 Å². The number of carbonyl (C=O) groups is 1. The Morgan fingerprint density at radius 3 is 2.96 bits per heavy atom. The van der Waals surface area contributed by atoms with E-state index in [2.05, 4.69) is 19.8 Å². The van der Waals surface area contributed by atoms with E-state index in [4.69, 9.17) is 4.74 Å². The van der Waals surface area contributed by atoms with E-state index < -0.39 is 5.97 Å². The minimum Gasteiger partial charge on any atom is -0.454 e. The number of anilines is 1. The smallest absolute Gasteiger partial charge is 0.343 e. The molecule has 0 atom stereocenters. The number of carbonyl (C=O) groups excluding carboxylic acids is 1. The predicted octanol–water partition coefficient (Wildman–Crippen LogP) is 1.62. The molecule has 0 saturated carbocycles. The highest BCUT2D eigenvalue weighted by atomic mass is 32.1. The second kappa shape index (κ2) is 6.05. The van der Waals surface area contributed by atoms with Crippen LogP contribution >= 0.6 is 22.9 Å². The van der Waals surface area contributed by atoms with E-state index in [0.29, 0.717) is 31.9 Å². The second-order valence-corrected chi connectivity index (χ2v) is 6.54. The van der Waals surface area contributed by atoms with Gasteiger partial charge < -0.3 is 10.1 Å². The Morgan fingerprint density at radius 1 is 1.43 bits per heavy atom. The molecule has 23 heavy (non-hydrogen) atoms. The minimum absolute atomic E-state index is 0.0240.